The molecule has 1 aliphatic rings. The topological polar surface area (TPSA) is 52.5 Å². The average molecular weight is 820 g/mol. The zero-order valence-corrected chi connectivity index (χ0v) is 33.6. The fourth-order valence-electron chi connectivity index (χ4n) is 7.19. The molecule has 5 aromatic rings. The van der Waals surface area contributed by atoms with E-state index in [4.69, 9.17) is 9.40 Å². The van der Waals surface area contributed by atoms with Crippen LogP contribution in [-0.2, 0) is 31.9 Å². The third-order valence-electron chi connectivity index (χ3n) is 8.89. The predicted octanol–water partition coefficient (Wildman–Crippen LogP) is 12.1. The molecule has 0 spiro atoms. The van der Waals surface area contributed by atoms with Gasteiger partial charge in [-0.05, 0) is 103 Å². The Morgan fingerprint density at radius 2 is 1.58 bits per heavy atom. The second-order valence-corrected chi connectivity index (χ2v) is 15.3. The predicted molar refractivity (Wildman–Crippen MR) is 202 cm³/mol. The Morgan fingerprint density at radius 3 is 2.21 bits per heavy atom. The maximum atomic E-state index is 6.51. The van der Waals surface area contributed by atoms with Crippen LogP contribution in [0.5, 0.6) is 0 Å². The van der Waals surface area contributed by atoms with Crippen molar-refractivity contribution < 1.29 is 24.5 Å². The van der Waals surface area contributed by atoms with Gasteiger partial charge in [-0.1, -0.05) is 98.8 Å². The second kappa shape index (κ2) is 14.7. The molecule has 1 aliphatic carbocycles. The van der Waals surface area contributed by atoms with Crippen LogP contribution in [0, 0.1) is 38.7 Å². The number of furan rings is 1. The quantitative estimate of drug-likeness (QED) is 0.0973. The van der Waals surface area contributed by atoms with Crippen molar-refractivity contribution in [3.8, 4) is 22.6 Å². The zero-order valence-electron chi connectivity index (χ0n) is 31.2. The molecule has 0 unspecified atom stereocenters. The molecule has 5 heteroatoms. The molecule has 48 heavy (non-hydrogen) atoms. The normalized spacial score (nSPS) is 13.6. The van der Waals surface area contributed by atoms with Crippen molar-refractivity contribution in [3.05, 3.63) is 93.3 Å². The number of fused-ring (bicyclic) bond motifs is 6. The Labute approximate surface area is 302 Å². The number of amidine groups is 1. The maximum absolute atomic E-state index is 6.51. The molecule has 0 bridgehead atoms. The van der Waals surface area contributed by atoms with E-state index in [9.17, 15) is 0 Å². The summed E-state index contributed by atoms with van der Waals surface area (Å²) in [6.45, 7) is 28.3. The zero-order chi connectivity index (χ0) is 34.4. The molecule has 2 aromatic heterocycles. The smallest absolute Gasteiger partial charge is 0.135 e. The summed E-state index contributed by atoms with van der Waals surface area (Å²) in [5, 5.41) is 6.95. The number of nitrogens with zero attached hydrogens (tertiary/aromatic N) is 3. The van der Waals surface area contributed by atoms with E-state index >= 15 is 0 Å². The molecule has 0 N–H and O–H groups in total. The fraction of sp³-hybridized carbons (Fsp3) is 0.442. The molecule has 0 fully saturated rings. The van der Waals surface area contributed by atoms with Gasteiger partial charge in [-0.25, -0.2) is 0 Å². The Morgan fingerprint density at radius 1 is 0.896 bits per heavy atom. The fourth-order valence-corrected chi connectivity index (χ4v) is 7.19. The largest absolute Gasteiger partial charge is 0.466 e. The summed E-state index contributed by atoms with van der Waals surface area (Å²) >= 11 is 0. The minimum atomic E-state index is -0.216. The molecule has 1 radical (unpaired) electrons. The van der Waals surface area contributed by atoms with Gasteiger partial charge in [0.05, 0.1) is 5.52 Å². The third kappa shape index (κ3) is 7.48. The molecule has 0 atom stereocenters. The third-order valence-corrected chi connectivity index (χ3v) is 8.89. The van der Waals surface area contributed by atoms with Gasteiger partial charge in [0, 0.05) is 36.4 Å². The maximum Gasteiger partial charge on any atom is 0.135 e. The van der Waals surface area contributed by atoms with Crippen molar-refractivity contribution in [2.24, 2.45) is 16.8 Å². The summed E-state index contributed by atoms with van der Waals surface area (Å²) in [4.78, 5) is 9.63. The molecule has 0 saturated carbocycles. The Bertz CT molecular complexity index is 1960. The van der Waals surface area contributed by atoms with E-state index < -0.39 is 0 Å². The van der Waals surface area contributed by atoms with E-state index in [-0.39, 0.29) is 25.5 Å². The SMILES string of the molecule is CC(C)N=C([N-]C(C)C)C(C)C.Cc1cc(C)c2c(C)cc(-c3[c-]ccc4c3C(C)(C)c3c-4oc4ccc(CC(C)C)cc34)nc2c1.[Ir]. The van der Waals surface area contributed by atoms with Crippen LogP contribution >= 0.6 is 0 Å². The molecule has 0 saturated heterocycles. The van der Waals surface area contributed by atoms with Gasteiger partial charge in [0.1, 0.15) is 11.3 Å². The van der Waals surface area contributed by atoms with Gasteiger partial charge in [-0.15, -0.1) is 29.3 Å². The molecule has 257 valence electrons. The molecule has 4 nitrogen and oxygen atoms in total. The van der Waals surface area contributed by atoms with Crippen molar-refractivity contribution in [1.29, 1.82) is 0 Å². The Kier molecular flexibility index (Phi) is 11.5. The van der Waals surface area contributed by atoms with E-state index in [2.05, 4.69) is 149 Å². The van der Waals surface area contributed by atoms with Crippen molar-refractivity contribution in [2.75, 3.05) is 0 Å². The number of aryl methyl sites for hydroxylation is 3. The standard InChI is InChI=1S/C33H32NO.C10H21N2.Ir/c1-18(2)13-22-11-12-28-25(17-22)31-32(35-28)24-10-8-9-23(30(24)33(31,6)7)26-16-21(5)29-20(4)14-19(3)15-27(29)34-26;1-7(2)10(11-8(3)4)12-9(5)6;/h8,10-12,14-18H,13H2,1-7H3;7-9H,1-6H3;/q2*-1;. The number of rotatable bonds is 6. The van der Waals surface area contributed by atoms with Crippen LogP contribution in [0.25, 0.3) is 49.8 Å². The number of aromatic nitrogens is 1. The van der Waals surface area contributed by atoms with E-state index in [1.54, 1.807) is 0 Å². The van der Waals surface area contributed by atoms with Crippen LogP contribution in [0.4, 0.5) is 0 Å². The summed E-state index contributed by atoms with van der Waals surface area (Å²) in [5.41, 5.74) is 12.7. The number of hydrogen-bond donors (Lipinski definition) is 0. The van der Waals surface area contributed by atoms with Crippen molar-refractivity contribution in [3.63, 3.8) is 0 Å². The first-order chi connectivity index (χ1) is 22.1. The first-order valence-electron chi connectivity index (χ1n) is 17.4. The van der Waals surface area contributed by atoms with E-state index in [1.165, 1.54) is 49.7 Å². The first-order valence-corrected chi connectivity index (χ1v) is 17.4. The van der Waals surface area contributed by atoms with Gasteiger partial charge in [0.2, 0.25) is 0 Å². The number of pyridine rings is 1. The van der Waals surface area contributed by atoms with Crippen molar-refractivity contribution in [2.45, 2.75) is 114 Å². The summed E-state index contributed by atoms with van der Waals surface area (Å²) in [6, 6.07) is 21.8. The van der Waals surface area contributed by atoms with Crippen LogP contribution in [0.15, 0.2) is 57.9 Å². The van der Waals surface area contributed by atoms with Crippen LogP contribution in [0.1, 0.15) is 103 Å². The van der Waals surface area contributed by atoms with Crippen molar-refractivity contribution >= 4 is 27.7 Å². The Hall–Kier alpha value is -3.27. The minimum Gasteiger partial charge on any atom is -0.466 e. The average Bonchev–Trinajstić information content (AvgIpc) is 3.44. The van der Waals surface area contributed by atoms with Gasteiger partial charge in [-0.2, -0.15) is 0 Å². The molecule has 2 heterocycles. The van der Waals surface area contributed by atoms with Crippen LogP contribution < -0.4 is 0 Å². The summed E-state index contributed by atoms with van der Waals surface area (Å²) in [6.07, 6.45) is 1.07. The molecule has 6 rings (SSSR count). The van der Waals surface area contributed by atoms with Crippen molar-refractivity contribution in [1.82, 2.24) is 4.98 Å². The van der Waals surface area contributed by atoms with Crippen LogP contribution in [0.2, 0.25) is 0 Å². The summed E-state index contributed by atoms with van der Waals surface area (Å²) in [7, 11) is 0. The number of aliphatic imine (C=N–C) groups is 1. The molecule has 0 amide bonds. The Balaban J connectivity index is 0.000000345. The molecular formula is C43H53IrN3O-2. The first kappa shape index (κ1) is 37.5. The summed E-state index contributed by atoms with van der Waals surface area (Å²) in [5.74, 6) is 3.06. The number of hydrogen-bond acceptors (Lipinski definition) is 3. The van der Waals surface area contributed by atoms with E-state index in [1.807, 2.05) is 6.07 Å². The van der Waals surface area contributed by atoms with E-state index in [0.29, 0.717) is 23.9 Å². The number of benzene rings is 3. The van der Waals surface area contributed by atoms with Crippen LogP contribution in [-0.4, -0.2) is 22.9 Å². The second-order valence-electron chi connectivity index (χ2n) is 15.3. The monoisotopic (exact) mass is 820 g/mol. The van der Waals surface area contributed by atoms with E-state index in [0.717, 1.165) is 40.4 Å². The molecule has 0 aliphatic heterocycles. The van der Waals surface area contributed by atoms with Gasteiger partial charge >= 0.3 is 0 Å². The van der Waals surface area contributed by atoms with Crippen LogP contribution in [0.3, 0.4) is 0 Å². The molecular weight excluding hydrogens is 767 g/mol. The van der Waals surface area contributed by atoms with Gasteiger partial charge in [0.15, 0.2) is 0 Å². The van der Waals surface area contributed by atoms with Gasteiger partial charge in [-0.3, -0.25) is 4.98 Å². The summed E-state index contributed by atoms with van der Waals surface area (Å²) < 4.78 is 6.51. The molecule has 3 aromatic carbocycles. The minimum absolute atomic E-state index is 0. The van der Waals surface area contributed by atoms with Gasteiger partial charge in [0.25, 0.3) is 0 Å². The van der Waals surface area contributed by atoms with Gasteiger partial charge < -0.3 is 14.7 Å².